The third kappa shape index (κ3) is 2.68. The summed E-state index contributed by atoms with van der Waals surface area (Å²) in [6.45, 7) is 0. The van der Waals surface area contributed by atoms with Gasteiger partial charge in [-0.2, -0.15) is 5.26 Å². The van der Waals surface area contributed by atoms with Crippen molar-refractivity contribution in [3.8, 4) is 6.07 Å². The molecule has 21 heavy (non-hydrogen) atoms. The first-order valence-corrected chi connectivity index (χ1v) is 7.75. The van der Waals surface area contributed by atoms with Crippen molar-refractivity contribution in [2.45, 2.75) is 0 Å². The van der Waals surface area contributed by atoms with Crippen LogP contribution in [0.25, 0.3) is 21.5 Å². The number of halogens is 1. The van der Waals surface area contributed by atoms with Crippen LogP contribution in [-0.4, -0.2) is 10.1 Å². The van der Waals surface area contributed by atoms with Gasteiger partial charge in [0.2, 0.25) is 0 Å². The molecule has 2 aromatic carbocycles. The molecule has 1 heterocycles. The Labute approximate surface area is 133 Å². The van der Waals surface area contributed by atoms with Crippen LogP contribution in [0.3, 0.4) is 0 Å². The van der Waals surface area contributed by atoms with Gasteiger partial charge >= 0.3 is 0 Å². The SMILES string of the molecule is N#C/C(=C(/O)c1ccc(Br)cc1)c1nc2ccccc2s1. The molecule has 0 amide bonds. The Hall–Kier alpha value is -2.16. The van der Waals surface area contributed by atoms with E-state index in [1.54, 1.807) is 12.1 Å². The van der Waals surface area contributed by atoms with Gasteiger partial charge in [-0.05, 0) is 24.3 Å². The van der Waals surface area contributed by atoms with Crippen LogP contribution in [0.1, 0.15) is 10.6 Å². The Morgan fingerprint density at radius 2 is 1.86 bits per heavy atom. The fraction of sp³-hybridized carbons (Fsp3) is 0. The highest BCUT2D eigenvalue weighted by molar-refractivity contribution is 9.10. The van der Waals surface area contributed by atoms with Gasteiger partial charge in [0, 0.05) is 10.0 Å². The van der Waals surface area contributed by atoms with Gasteiger partial charge < -0.3 is 5.11 Å². The van der Waals surface area contributed by atoms with Crippen molar-refractivity contribution in [1.82, 2.24) is 4.98 Å². The zero-order valence-electron chi connectivity index (χ0n) is 10.7. The number of aliphatic hydroxyl groups excluding tert-OH is 1. The van der Waals surface area contributed by atoms with E-state index in [0.717, 1.165) is 14.7 Å². The number of allylic oxidation sites excluding steroid dienone is 1. The first-order valence-electron chi connectivity index (χ1n) is 6.14. The van der Waals surface area contributed by atoms with Gasteiger partial charge in [-0.1, -0.05) is 40.2 Å². The van der Waals surface area contributed by atoms with Crippen molar-refractivity contribution in [2.75, 3.05) is 0 Å². The summed E-state index contributed by atoms with van der Waals surface area (Å²) in [4.78, 5) is 4.42. The van der Waals surface area contributed by atoms with Crippen molar-refractivity contribution in [2.24, 2.45) is 0 Å². The molecule has 0 bridgehead atoms. The Bertz CT molecular complexity index is 842. The Morgan fingerprint density at radius 1 is 1.14 bits per heavy atom. The van der Waals surface area contributed by atoms with E-state index in [4.69, 9.17) is 0 Å². The summed E-state index contributed by atoms with van der Waals surface area (Å²) >= 11 is 4.74. The van der Waals surface area contributed by atoms with E-state index in [9.17, 15) is 10.4 Å². The molecule has 0 atom stereocenters. The maximum Gasteiger partial charge on any atom is 0.143 e. The van der Waals surface area contributed by atoms with Gasteiger partial charge in [0.05, 0.1) is 10.2 Å². The van der Waals surface area contributed by atoms with Crippen molar-refractivity contribution in [3.05, 3.63) is 63.6 Å². The van der Waals surface area contributed by atoms with Crippen molar-refractivity contribution in [1.29, 1.82) is 5.26 Å². The predicted molar refractivity (Wildman–Crippen MR) is 88.8 cm³/mol. The normalized spacial score (nSPS) is 12.0. The number of rotatable bonds is 2. The number of nitrogens with zero attached hydrogens (tertiary/aromatic N) is 2. The molecule has 0 aliphatic heterocycles. The summed E-state index contributed by atoms with van der Waals surface area (Å²) in [5.74, 6) is -0.0518. The molecule has 0 aliphatic carbocycles. The summed E-state index contributed by atoms with van der Waals surface area (Å²) in [5.41, 5.74) is 1.61. The fourth-order valence-electron chi connectivity index (χ4n) is 1.93. The average molecular weight is 357 g/mol. The molecule has 1 aromatic heterocycles. The topological polar surface area (TPSA) is 56.9 Å². The number of aromatic nitrogens is 1. The summed E-state index contributed by atoms with van der Waals surface area (Å²) in [6.07, 6.45) is 0. The number of benzene rings is 2. The Balaban J connectivity index is 2.14. The molecule has 3 rings (SSSR count). The quantitative estimate of drug-likeness (QED) is 0.518. The number of fused-ring (bicyclic) bond motifs is 1. The van der Waals surface area contributed by atoms with Crippen LogP contribution >= 0.6 is 27.3 Å². The predicted octanol–water partition coefficient (Wildman–Crippen LogP) is 5.01. The highest BCUT2D eigenvalue weighted by Crippen LogP contribution is 2.31. The summed E-state index contributed by atoms with van der Waals surface area (Å²) in [6, 6.07) is 16.9. The van der Waals surface area contributed by atoms with E-state index >= 15 is 0 Å². The molecule has 0 spiro atoms. The largest absolute Gasteiger partial charge is 0.506 e. The van der Waals surface area contributed by atoms with Crippen molar-refractivity contribution in [3.63, 3.8) is 0 Å². The summed E-state index contributed by atoms with van der Waals surface area (Å²) in [7, 11) is 0. The van der Waals surface area contributed by atoms with Crippen LogP contribution in [0.4, 0.5) is 0 Å². The lowest BCUT2D eigenvalue weighted by Gasteiger charge is -2.02. The minimum atomic E-state index is -0.0518. The standard InChI is InChI=1S/C16H9BrN2OS/c17-11-7-5-10(6-8-11)15(20)12(9-18)16-19-13-3-1-2-4-14(13)21-16/h1-8,20H/b15-12-. The molecule has 102 valence electrons. The molecule has 3 nitrogen and oxygen atoms in total. The smallest absolute Gasteiger partial charge is 0.143 e. The minimum Gasteiger partial charge on any atom is -0.506 e. The van der Waals surface area contributed by atoms with Gasteiger partial charge in [0.1, 0.15) is 22.4 Å². The van der Waals surface area contributed by atoms with E-state index in [1.807, 2.05) is 36.4 Å². The minimum absolute atomic E-state index is 0.0518. The van der Waals surface area contributed by atoms with E-state index in [1.165, 1.54) is 11.3 Å². The van der Waals surface area contributed by atoms with Gasteiger partial charge in [-0.15, -0.1) is 11.3 Å². The lowest BCUT2D eigenvalue weighted by molar-refractivity contribution is 0.514. The second-order valence-electron chi connectivity index (χ2n) is 4.33. The second-order valence-corrected chi connectivity index (χ2v) is 6.28. The fourth-order valence-corrected chi connectivity index (χ4v) is 3.16. The highest BCUT2D eigenvalue weighted by Gasteiger charge is 2.14. The number of hydrogen-bond donors (Lipinski definition) is 1. The molecule has 0 aliphatic rings. The number of hydrogen-bond acceptors (Lipinski definition) is 4. The van der Waals surface area contributed by atoms with Crippen LogP contribution < -0.4 is 0 Å². The molecule has 5 heteroatoms. The lowest BCUT2D eigenvalue weighted by atomic mass is 10.1. The number of aliphatic hydroxyl groups is 1. The first kappa shape index (κ1) is 13.8. The summed E-state index contributed by atoms with van der Waals surface area (Å²) in [5, 5.41) is 20.3. The van der Waals surface area contributed by atoms with Crippen LogP contribution in [0.15, 0.2) is 53.0 Å². The molecule has 0 saturated heterocycles. The van der Waals surface area contributed by atoms with E-state index < -0.39 is 0 Å². The van der Waals surface area contributed by atoms with E-state index in [-0.39, 0.29) is 11.3 Å². The van der Waals surface area contributed by atoms with Gasteiger partial charge in [-0.25, -0.2) is 4.98 Å². The molecule has 3 aromatic rings. The highest BCUT2D eigenvalue weighted by atomic mass is 79.9. The third-order valence-corrected chi connectivity index (χ3v) is 4.56. The maximum absolute atomic E-state index is 10.4. The average Bonchev–Trinajstić information content (AvgIpc) is 2.92. The van der Waals surface area contributed by atoms with Gasteiger partial charge in [0.15, 0.2) is 0 Å². The van der Waals surface area contributed by atoms with Crippen LogP contribution in [-0.2, 0) is 0 Å². The van der Waals surface area contributed by atoms with Crippen LogP contribution in [0.5, 0.6) is 0 Å². The molecule has 0 unspecified atom stereocenters. The summed E-state index contributed by atoms with van der Waals surface area (Å²) < 4.78 is 1.90. The van der Waals surface area contributed by atoms with Gasteiger partial charge in [0.25, 0.3) is 0 Å². The van der Waals surface area contributed by atoms with Gasteiger partial charge in [-0.3, -0.25) is 0 Å². The number of thiazole rings is 1. The molecule has 1 N–H and O–H groups in total. The molecule has 0 saturated carbocycles. The van der Waals surface area contributed by atoms with E-state index in [0.29, 0.717) is 10.6 Å². The molecule has 0 radical (unpaired) electrons. The lowest BCUT2D eigenvalue weighted by Crippen LogP contribution is -1.89. The maximum atomic E-state index is 10.4. The molecule has 0 fully saturated rings. The zero-order chi connectivity index (χ0) is 14.8. The monoisotopic (exact) mass is 356 g/mol. The Morgan fingerprint density at radius 3 is 2.52 bits per heavy atom. The second kappa shape index (κ2) is 5.68. The first-order chi connectivity index (χ1) is 10.2. The number of para-hydroxylation sites is 1. The Kier molecular flexibility index (Phi) is 3.74. The zero-order valence-corrected chi connectivity index (χ0v) is 13.1. The van der Waals surface area contributed by atoms with Crippen molar-refractivity contribution < 1.29 is 5.11 Å². The van der Waals surface area contributed by atoms with Crippen LogP contribution in [0.2, 0.25) is 0 Å². The molecular weight excluding hydrogens is 348 g/mol. The van der Waals surface area contributed by atoms with E-state index in [2.05, 4.69) is 27.0 Å². The number of nitriles is 1. The third-order valence-electron chi connectivity index (χ3n) is 2.97. The van der Waals surface area contributed by atoms with Crippen molar-refractivity contribution >= 4 is 48.8 Å². The van der Waals surface area contributed by atoms with Crippen LogP contribution in [0, 0.1) is 11.3 Å². The molecular formula is C16H9BrN2OS.